The van der Waals surface area contributed by atoms with E-state index in [1.165, 1.54) is 23.1 Å². The van der Waals surface area contributed by atoms with Crippen LogP contribution in [0.1, 0.15) is 20.8 Å². The van der Waals surface area contributed by atoms with Crippen molar-refractivity contribution < 1.29 is 14.3 Å². The molecule has 1 amide bonds. The van der Waals surface area contributed by atoms with Crippen molar-refractivity contribution in [1.82, 2.24) is 4.90 Å². The van der Waals surface area contributed by atoms with E-state index in [0.717, 1.165) is 27.6 Å². The van der Waals surface area contributed by atoms with Crippen LogP contribution in [0.3, 0.4) is 0 Å². The van der Waals surface area contributed by atoms with Gasteiger partial charge in [-0.3, -0.25) is 9.69 Å². The first-order valence-electron chi connectivity index (χ1n) is 10.8. The Kier molecular flexibility index (Phi) is 7.02. The van der Waals surface area contributed by atoms with Gasteiger partial charge in [-0.1, -0.05) is 96.2 Å². The molecule has 4 nitrogen and oxygen atoms in total. The Bertz CT molecular complexity index is 1460. The first-order chi connectivity index (χ1) is 17.0. The van der Waals surface area contributed by atoms with Gasteiger partial charge < -0.3 is 4.74 Å². The quantitative estimate of drug-likeness (QED) is 0.113. The molecule has 0 N–H and O–H groups in total. The second kappa shape index (κ2) is 10.3. The zero-order valence-electron chi connectivity index (χ0n) is 18.3. The number of nitrogens with zero attached hydrogens (tertiary/aromatic N) is 1. The normalized spacial score (nSPS) is 14.8. The molecule has 2 heterocycles. The van der Waals surface area contributed by atoms with E-state index in [0.29, 0.717) is 31.4 Å². The Labute approximate surface area is 221 Å². The summed E-state index contributed by atoms with van der Waals surface area (Å²) in [5, 5.41) is 1.24. The first kappa shape index (κ1) is 23.8. The van der Waals surface area contributed by atoms with Crippen LogP contribution in [0.4, 0.5) is 0 Å². The number of halogens is 1. The van der Waals surface area contributed by atoms with Crippen LogP contribution in [0.5, 0.6) is 5.75 Å². The van der Waals surface area contributed by atoms with Gasteiger partial charge in [-0.25, -0.2) is 4.79 Å². The van der Waals surface area contributed by atoms with Gasteiger partial charge in [-0.2, -0.15) is 0 Å². The fourth-order valence-electron chi connectivity index (χ4n) is 3.66. The molecule has 35 heavy (non-hydrogen) atoms. The van der Waals surface area contributed by atoms with E-state index < -0.39 is 5.97 Å². The van der Waals surface area contributed by atoms with Gasteiger partial charge in [-0.05, 0) is 41.8 Å². The predicted molar refractivity (Wildman–Crippen MR) is 148 cm³/mol. The van der Waals surface area contributed by atoms with Crippen molar-refractivity contribution >= 4 is 79.3 Å². The minimum absolute atomic E-state index is 0.0918. The maximum absolute atomic E-state index is 12.9. The van der Waals surface area contributed by atoms with Crippen molar-refractivity contribution in [3.63, 3.8) is 0 Å². The van der Waals surface area contributed by atoms with Crippen LogP contribution >= 0.6 is 46.9 Å². The van der Waals surface area contributed by atoms with Crippen LogP contribution in [-0.2, 0) is 11.2 Å². The van der Waals surface area contributed by atoms with Gasteiger partial charge in [0.05, 0.1) is 9.93 Å². The van der Waals surface area contributed by atoms with Crippen LogP contribution in [0.25, 0.3) is 16.2 Å². The summed E-state index contributed by atoms with van der Waals surface area (Å²) in [5.41, 5.74) is 1.97. The molecular weight excluding hydrogens is 518 g/mol. The number of amides is 1. The first-order valence-corrected chi connectivity index (χ1v) is 13.2. The molecule has 1 aromatic heterocycles. The van der Waals surface area contributed by atoms with Gasteiger partial charge in [0, 0.05) is 16.6 Å². The van der Waals surface area contributed by atoms with E-state index in [1.807, 2.05) is 54.6 Å². The Morgan fingerprint density at radius 2 is 1.71 bits per heavy atom. The molecule has 0 radical (unpaired) electrons. The average molecular weight is 536 g/mol. The van der Waals surface area contributed by atoms with Crippen LogP contribution in [-0.4, -0.2) is 27.6 Å². The van der Waals surface area contributed by atoms with E-state index >= 15 is 0 Å². The van der Waals surface area contributed by atoms with Crippen LogP contribution in [0, 0.1) is 0 Å². The lowest BCUT2D eigenvalue weighted by Crippen LogP contribution is -2.30. The molecule has 4 aromatic rings. The minimum atomic E-state index is -0.497. The van der Waals surface area contributed by atoms with Gasteiger partial charge >= 0.3 is 5.97 Å². The number of fused-ring (bicyclic) bond motifs is 1. The van der Waals surface area contributed by atoms with Gasteiger partial charge in [0.1, 0.15) is 14.9 Å². The molecule has 1 aliphatic rings. The third-order valence-electron chi connectivity index (χ3n) is 5.45. The molecular formula is C27H18ClNO3S3. The molecule has 0 aliphatic carbocycles. The summed E-state index contributed by atoms with van der Waals surface area (Å²) in [6.07, 6.45) is 2.54. The summed E-state index contributed by atoms with van der Waals surface area (Å²) < 4.78 is 7.02. The third kappa shape index (κ3) is 5.18. The number of esters is 1. The Hall–Kier alpha value is -2.97. The highest BCUT2D eigenvalue weighted by molar-refractivity contribution is 8.26. The number of thioether (sulfide) groups is 1. The Morgan fingerprint density at radius 1 is 1.00 bits per heavy atom. The maximum Gasteiger partial charge on any atom is 0.355 e. The van der Waals surface area contributed by atoms with Gasteiger partial charge in [-0.15, -0.1) is 11.3 Å². The van der Waals surface area contributed by atoms with Crippen molar-refractivity contribution in [1.29, 1.82) is 0 Å². The number of thiocarbonyl (C=S) groups is 1. The fraction of sp³-hybridized carbons (Fsp3) is 0.0741. The number of benzene rings is 3. The lowest BCUT2D eigenvalue weighted by molar-refractivity contribution is -0.122. The highest BCUT2D eigenvalue weighted by atomic mass is 35.5. The molecule has 0 spiro atoms. The van der Waals surface area contributed by atoms with Gasteiger partial charge in [0.25, 0.3) is 5.91 Å². The summed E-state index contributed by atoms with van der Waals surface area (Å²) in [4.78, 5) is 28.1. The van der Waals surface area contributed by atoms with Gasteiger partial charge in [0.15, 0.2) is 0 Å². The molecule has 1 fully saturated rings. The zero-order valence-corrected chi connectivity index (χ0v) is 21.5. The van der Waals surface area contributed by atoms with Crippen LogP contribution < -0.4 is 4.74 Å². The molecule has 1 saturated heterocycles. The summed E-state index contributed by atoms with van der Waals surface area (Å²) in [7, 11) is 0. The lowest BCUT2D eigenvalue weighted by Gasteiger charge is -2.14. The number of carbonyl (C=O) groups excluding carboxylic acids is 2. The highest BCUT2D eigenvalue weighted by Gasteiger charge is 2.31. The van der Waals surface area contributed by atoms with Crippen molar-refractivity contribution in [2.45, 2.75) is 6.42 Å². The second-order valence-electron chi connectivity index (χ2n) is 7.77. The summed E-state index contributed by atoms with van der Waals surface area (Å²) in [6, 6.07) is 24.6. The van der Waals surface area contributed by atoms with E-state index in [1.54, 1.807) is 35.2 Å². The fourth-order valence-corrected chi connectivity index (χ4v) is 6.35. The molecule has 0 atom stereocenters. The number of thiophene rings is 1. The maximum atomic E-state index is 12.9. The molecule has 3 aromatic carbocycles. The zero-order chi connectivity index (χ0) is 24.4. The molecule has 5 rings (SSSR count). The smallest absolute Gasteiger partial charge is 0.355 e. The number of ether oxygens (including phenoxy) is 1. The SMILES string of the molecule is O=C(Oc1ccc(/C=C2\SC(=S)N(CCc3ccccc3)C2=O)cc1)c1sc2ccccc2c1Cl. The third-order valence-corrected chi connectivity index (χ3v) is 8.48. The number of hydrogen-bond donors (Lipinski definition) is 0. The summed E-state index contributed by atoms with van der Waals surface area (Å²) >= 11 is 14.4. The highest BCUT2D eigenvalue weighted by Crippen LogP contribution is 2.36. The minimum Gasteiger partial charge on any atom is -0.422 e. The van der Waals surface area contributed by atoms with Crippen LogP contribution in [0.2, 0.25) is 5.02 Å². The monoisotopic (exact) mass is 535 g/mol. The number of carbonyl (C=O) groups is 2. The molecule has 0 bridgehead atoms. The second-order valence-corrected chi connectivity index (χ2v) is 10.9. The van der Waals surface area contributed by atoms with Crippen molar-refractivity contribution in [2.75, 3.05) is 6.54 Å². The van der Waals surface area contributed by atoms with Crippen molar-refractivity contribution in [3.8, 4) is 5.75 Å². The topological polar surface area (TPSA) is 46.6 Å². The molecule has 0 saturated carbocycles. The van der Waals surface area contributed by atoms with E-state index in [2.05, 4.69) is 0 Å². The number of rotatable bonds is 6. The van der Waals surface area contributed by atoms with E-state index in [-0.39, 0.29) is 5.91 Å². The van der Waals surface area contributed by atoms with E-state index in [4.69, 9.17) is 28.6 Å². The lowest BCUT2D eigenvalue weighted by atomic mass is 10.1. The van der Waals surface area contributed by atoms with E-state index in [9.17, 15) is 9.59 Å². The average Bonchev–Trinajstić information content (AvgIpc) is 3.35. The largest absolute Gasteiger partial charge is 0.422 e. The Morgan fingerprint density at radius 3 is 2.46 bits per heavy atom. The standard InChI is InChI=1S/C27H18ClNO3S3/c28-23-20-8-4-5-9-21(20)34-24(23)26(31)32-19-12-10-18(11-13-19)16-22-25(30)29(27(33)35-22)15-14-17-6-2-1-3-7-17/h1-13,16H,14-15H2/b22-16-. The summed E-state index contributed by atoms with van der Waals surface area (Å²) in [5.74, 6) is -0.190. The molecule has 174 valence electrons. The van der Waals surface area contributed by atoms with Crippen molar-refractivity contribution in [3.05, 3.63) is 105 Å². The molecule has 8 heteroatoms. The molecule has 0 unspecified atom stereocenters. The van der Waals surface area contributed by atoms with Gasteiger partial charge in [0.2, 0.25) is 0 Å². The molecule has 1 aliphatic heterocycles. The number of hydrogen-bond acceptors (Lipinski definition) is 6. The summed E-state index contributed by atoms with van der Waals surface area (Å²) in [6.45, 7) is 0.543. The van der Waals surface area contributed by atoms with Crippen molar-refractivity contribution in [2.24, 2.45) is 0 Å². The van der Waals surface area contributed by atoms with Crippen LogP contribution in [0.15, 0.2) is 83.8 Å². The Balaban J connectivity index is 1.25. The predicted octanol–water partition coefficient (Wildman–Crippen LogP) is 7.22.